The largest absolute Gasteiger partial charge is 0.406 e. The SMILES string of the molecule is CCN(CC(F)(F)F)C(=O)c1cnc2c(c1)c(C)nn2C. The third-order valence-electron chi connectivity index (χ3n) is 3.15. The molecule has 2 aromatic heterocycles. The van der Waals surface area contributed by atoms with Gasteiger partial charge in [0, 0.05) is 25.2 Å². The van der Waals surface area contributed by atoms with E-state index < -0.39 is 18.6 Å². The summed E-state index contributed by atoms with van der Waals surface area (Å²) in [6, 6.07) is 1.53. The van der Waals surface area contributed by atoms with Crippen LogP contribution in [0.2, 0.25) is 0 Å². The van der Waals surface area contributed by atoms with Gasteiger partial charge in [0.25, 0.3) is 5.91 Å². The number of carbonyl (C=O) groups is 1. The van der Waals surface area contributed by atoms with Crippen LogP contribution < -0.4 is 0 Å². The number of nitrogens with zero attached hydrogens (tertiary/aromatic N) is 4. The zero-order valence-corrected chi connectivity index (χ0v) is 11.9. The maximum Gasteiger partial charge on any atom is 0.406 e. The highest BCUT2D eigenvalue weighted by Gasteiger charge is 2.32. The third-order valence-corrected chi connectivity index (χ3v) is 3.15. The fraction of sp³-hybridized carbons (Fsp3) is 0.462. The molecule has 0 saturated heterocycles. The van der Waals surface area contributed by atoms with Crippen LogP contribution in [0, 0.1) is 6.92 Å². The Balaban J connectivity index is 2.36. The highest BCUT2D eigenvalue weighted by atomic mass is 19.4. The monoisotopic (exact) mass is 300 g/mol. The van der Waals surface area contributed by atoms with Gasteiger partial charge in [-0.2, -0.15) is 18.3 Å². The van der Waals surface area contributed by atoms with Gasteiger partial charge in [-0.25, -0.2) is 4.98 Å². The van der Waals surface area contributed by atoms with E-state index in [1.54, 1.807) is 18.7 Å². The number of carbonyl (C=O) groups excluding carboxylic acids is 1. The Hall–Kier alpha value is -2.12. The number of rotatable bonds is 3. The van der Waals surface area contributed by atoms with E-state index in [0.717, 1.165) is 4.90 Å². The number of pyridine rings is 1. The van der Waals surface area contributed by atoms with Crippen LogP contribution in [0.15, 0.2) is 12.3 Å². The molecule has 0 saturated carbocycles. The Bertz CT molecular complexity index is 678. The molecule has 114 valence electrons. The predicted octanol–water partition coefficient (Wildman–Crippen LogP) is 2.30. The summed E-state index contributed by atoms with van der Waals surface area (Å²) in [7, 11) is 1.71. The van der Waals surface area contributed by atoms with E-state index in [9.17, 15) is 18.0 Å². The van der Waals surface area contributed by atoms with Crippen molar-refractivity contribution in [1.82, 2.24) is 19.7 Å². The first-order chi connectivity index (χ1) is 9.73. The molecule has 2 rings (SSSR count). The molecule has 0 aliphatic rings. The normalized spacial score (nSPS) is 11.9. The van der Waals surface area contributed by atoms with Crippen molar-refractivity contribution in [3.05, 3.63) is 23.5 Å². The van der Waals surface area contributed by atoms with Crippen LogP contribution in [0.3, 0.4) is 0 Å². The third kappa shape index (κ3) is 3.14. The molecule has 0 spiro atoms. The van der Waals surface area contributed by atoms with Gasteiger partial charge in [0.05, 0.1) is 11.3 Å². The van der Waals surface area contributed by atoms with Crippen LogP contribution in [-0.4, -0.2) is 44.8 Å². The van der Waals surface area contributed by atoms with Crippen molar-refractivity contribution in [1.29, 1.82) is 0 Å². The molecule has 8 heteroatoms. The van der Waals surface area contributed by atoms with Gasteiger partial charge < -0.3 is 4.90 Å². The second-order valence-corrected chi connectivity index (χ2v) is 4.74. The molecule has 0 aromatic carbocycles. The molecular weight excluding hydrogens is 285 g/mol. The Kier molecular flexibility index (Phi) is 3.89. The van der Waals surface area contributed by atoms with E-state index >= 15 is 0 Å². The predicted molar refractivity (Wildman–Crippen MR) is 70.9 cm³/mol. The molecule has 0 aliphatic heterocycles. The summed E-state index contributed by atoms with van der Waals surface area (Å²) >= 11 is 0. The van der Waals surface area contributed by atoms with Crippen molar-refractivity contribution >= 4 is 16.9 Å². The maximum atomic E-state index is 12.5. The first kappa shape index (κ1) is 15.3. The second-order valence-electron chi connectivity index (χ2n) is 4.74. The zero-order valence-electron chi connectivity index (χ0n) is 11.9. The van der Waals surface area contributed by atoms with E-state index in [1.807, 2.05) is 0 Å². The minimum absolute atomic E-state index is 0.0254. The van der Waals surface area contributed by atoms with Crippen LogP contribution in [-0.2, 0) is 7.05 Å². The van der Waals surface area contributed by atoms with Crippen LogP contribution in [0.4, 0.5) is 13.2 Å². The van der Waals surface area contributed by atoms with Crippen LogP contribution in [0.5, 0.6) is 0 Å². The Labute approximate surface area is 119 Å². The molecule has 0 bridgehead atoms. The highest BCUT2D eigenvalue weighted by molar-refractivity contribution is 5.97. The van der Waals surface area contributed by atoms with Crippen molar-refractivity contribution in [2.24, 2.45) is 7.05 Å². The summed E-state index contributed by atoms with van der Waals surface area (Å²) < 4.78 is 39.0. The van der Waals surface area contributed by atoms with Gasteiger partial charge in [0.1, 0.15) is 6.54 Å². The van der Waals surface area contributed by atoms with Crippen LogP contribution in [0.1, 0.15) is 23.0 Å². The summed E-state index contributed by atoms with van der Waals surface area (Å²) in [5.41, 5.74) is 1.39. The van der Waals surface area contributed by atoms with Gasteiger partial charge in [-0.1, -0.05) is 0 Å². The number of hydrogen-bond donors (Lipinski definition) is 0. The smallest absolute Gasteiger partial charge is 0.330 e. The van der Waals surface area contributed by atoms with Gasteiger partial charge >= 0.3 is 6.18 Å². The molecule has 0 unspecified atom stereocenters. The molecule has 0 fully saturated rings. The van der Waals surface area contributed by atoms with Gasteiger partial charge in [0.15, 0.2) is 5.65 Å². The van der Waals surface area contributed by atoms with Crippen molar-refractivity contribution < 1.29 is 18.0 Å². The maximum absolute atomic E-state index is 12.5. The van der Waals surface area contributed by atoms with Gasteiger partial charge in [-0.05, 0) is 19.9 Å². The molecular formula is C13H15F3N4O. The summed E-state index contributed by atoms with van der Waals surface area (Å²) in [5, 5.41) is 4.82. The van der Waals surface area contributed by atoms with Crippen molar-refractivity contribution in [2.45, 2.75) is 20.0 Å². The van der Waals surface area contributed by atoms with Crippen molar-refractivity contribution in [3.63, 3.8) is 0 Å². The fourth-order valence-electron chi connectivity index (χ4n) is 2.15. The topological polar surface area (TPSA) is 51.0 Å². The summed E-state index contributed by atoms with van der Waals surface area (Å²) in [6.45, 7) is 1.96. The average Bonchev–Trinajstić information content (AvgIpc) is 2.69. The Morgan fingerprint density at radius 3 is 2.67 bits per heavy atom. The fourth-order valence-corrected chi connectivity index (χ4v) is 2.15. The lowest BCUT2D eigenvalue weighted by molar-refractivity contribution is -0.140. The van der Waals surface area contributed by atoms with E-state index in [1.165, 1.54) is 19.2 Å². The first-order valence-corrected chi connectivity index (χ1v) is 6.38. The minimum atomic E-state index is -4.42. The van der Waals surface area contributed by atoms with Crippen molar-refractivity contribution in [2.75, 3.05) is 13.1 Å². The molecule has 2 heterocycles. The number of aromatic nitrogens is 3. The number of amides is 1. The number of hydrogen-bond acceptors (Lipinski definition) is 3. The molecule has 0 atom stereocenters. The number of aryl methyl sites for hydroxylation is 2. The lowest BCUT2D eigenvalue weighted by atomic mass is 10.2. The second kappa shape index (κ2) is 5.34. The van der Waals surface area contributed by atoms with Gasteiger partial charge in [0.2, 0.25) is 0 Å². The van der Waals surface area contributed by atoms with Gasteiger partial charge in [-0.3, -0.25) is 9.48 Å². The number of alkyl halides is 3. The summed E-state index contributed by atoms with van der Waals surface area (Å²) in [6.07, 6.45) is -3.14. The van der Waals surface area contributed by atoms with Crippen LogP contribution >= 0.6 is 0 Å². The molecule has 1 amide bonds. The van der Waals surface area contributed by atoms with E-state index in [4.69, 9.17) is 0 Å². The molecule has 0 N–H and O–H groups in total. The van der Waals surface area contributed by atoms with Crippen molar-refractivity contribution in [3.8, 4) is 0 Å². The lowest BCUT2D eigenvalue weighted by Crippen LogP contribution is -2.38. The number of halogens is 3. The molecule has 5 nitrogen and oxygen atoms in total. The van der Waals surface area contributed by atoms with Crippen LogP contribution in [0.25, 0.3) is 11.0 Å². The molecule has 0 aliphatic carbocycles. The average molecular weight is 300 g/mol. The van der Waals surface area contributed by atoms with E-state index in [0.29, 0.717) is 16.7 Å². The standard InChI is InChI=1S/C13H15F3N4O/c1-4-20(7-13(14,15)16)12(21)9-5-10-8(2)18-19(3)11(10)17-6-9/h5-6H,4,7H2,1-3H3. The molecule has 0 radical (unpaired) electrons. The highest BCUT2D eigenvalue weighted by Crippen LogP contribution is 2.20. The Morgan fingerprint density at radius 2 is 2.10 bits per heavy atom. The molecule has 2 aromatic rings. The summed E-state index contributed by atoms with van der Waals surface area (Å²) in [4.78, 5) is 17.0. The van der Waals surface area contributed by atoms with Gasteiger partial charge in [-0.15, -0.1) is 0 Å². The minimum Gasteiger partial charge on any atom is -0.330 e. The first-order valence-electron chi connectivity index (χ1n) is 6.38. The molecule has 21 heavy (non-hydrogen) atoms. The quantitative estimate of drug-likeness (QED) is 0.874. The zero-order chi connectivity index (χ0) is 15.8. The summed E-state index contributed by atoms with van der Waals surface area (Å²) in [5.74, 6) is -0.688. The lowest BCUT2D eigenvalue weighted by Gasteiger charge is -2.22. The van der Waals surface area contributed by atoms with E-state index in [2.05, 4.69) is 10.1 Å². The number of fused-ring (bicyclic) bond motifs is 1. The van der Waals surface area contributed by atoms with E-state index in [-0.39, 0.29) is 12.1 Å². The Morgan fingerprint density at radius 1 is 1.43 bits per heavy atom.